The van der Waals surface area contributed by atoms with Crippen molar-refractivity contribution in [2.45, 2.75) is 12.0 Å². The SMILES string of the molecule is N#CC(C(=O)C1COCCO1)c1cccc(Cl)c1F. The van der Waals surface area contributed by atoms with Crippen LogP contribution in [0, 0.1) is 17.1 Å². The lowest BCUT2D eigenvalue weighted by molar-refractivity contribution is -0.145. The number of nitriles is 1. The van der Waals surface area contributed by atoms with Gasteiger partial charge in [0, 0.05) is 5.56 Å². The molecule has 0 aromatic heterocycles. The molecule has 0 N–H and O–H groups in total. The van der Waals surface area contributed by atoms with E-state index in [1.807, 2.05) is 0 Å². The Morgan fingerprint density at radius 1 is 1.53 bits per heavy atom. The number of carbonyl (C=O) groups excluding carboxylic acids is 1. The van der Waals surface area contributed by atoms with Gasteiger partial charge in [-0.25, -0.2) is 4.39 Å². The number of halogens is 2. The third-order valence-electron chi connectivity index (χ3n) is 2.84. The molecule has 1 heterocycles. The van der Waals surface area contributed by atoms with Gasteiger partial charge in [-0.3, -0.25) is 4.79 Å². The lowest BCUT2D eigenvalue weighted by atomic mass is 9.92. The predicted octanol–water partition coefficient (Wildman–Crippen LogP) is 2.07. The van der Waals surface area contributed by atoms with Crippen LogP contribution in [0.2, 0.25) is 5.02 Å². The summed E-state index contributed by atoms with van der Waals surface area (Å²) in [4.78, 5) is 12.2. The number of rotatable bonds is 3. The van der Waals surface area contributed by atoms with Crippen LogP contribution in [0.5, 0.6) is 0 Å². The van der Waals surface area contributed by atoms with E-state index in [0.717, 1.165) is 0 Å². The lowest BCUT2D eigenvalue weighted by Gasteiger charge is -2.23. The number of hydrogen-bond donors (Lipinski definition) is 0. The number of benzene rings is 1. The number of ketones is 1. The highest BCUT2D eigenvalue weighted by Gasteiger charge is 2.32. The van der Waals surface area contributed by atoms with Gasteiger partial charge in [0.2, 0.25) is 0 Å². The van der Waals surface area contributed by atoms with E-state index in [2.05, 4.69) is 0 Å². The maximum Gasteiger partial charge on any atom is 0.185 e. The highest BCUT2D eigenvalue weighted by molar-refractivity contribution is 6.30. The molecule has 1 saturated heterocycles. The fourth-order valence-electron chi connectivity index (χ4n) is 1.87. The van der Waals surface area contributed by atoms with Crippen LogP contribution in [0.3, 0.4) is 0 Å². The van der Waals surface area contributed by atoms with Gasteiger partial charge in [0.05, 0.1) is 30.9 Å². The molecular weight excluding hydrogens is 273 g/mol. The summed E-state index contributed by atoms with van der Waals surface area (Å²) in [5, 5.41) is 9.00. The third kappa shape index (κ3) is 2.92. The quantitative estimate of drug-likeness (QED) is 0.852. The molecule has 0 spiro atoms. The zero-order chi connectivity index (χ0) is 13.8. The van der Waals surface area contributed by atoms with Crippen molar-refractivity contribution in [2.75, 3.05) is 19.8 Å². The van der Waals surface area contributed by atoms with Crippen molar-refractivity contribution < 1.29 is 18.7 Å². The Bertz CT molecular complexity index is 523. The van der Waals surface area contributed by atoms with Crippen LogP contribution < -0.4 is 0 Å². The topological polar surface area (TPSA) is 59.3 Å². The van der Waals surface area contributed by atoms with Crippen molar-refractivity contribution in [2.24, 2.45) is 0 Å². The van der Waals surface area contributed by atoms with Crippen LogP contribution in [0.4, 0.5) is 4.39 Å². The zero-order valence-corrected chi connectivity index (χ0v) is 10.7. The fourth-order valence-corrected chi connectivity index (χ4v) is 2.05. The molecule has 2 atom stereocenters. The van der Waals surface area contributed by atoms with Crippen LogP contribution in [-0.2, 0) is 14.3 Å². The molecule has 0 bridgehead atoms. The molecule has 0 radical (unpaired) electrons. The first-order valence-corrected chi connectivity index (χ1v) is 6.09. The minimum atomic E-state index is -1.25. The number of carbonyl (C=O) groups is 1. The van der Waals surface area contributed by atoms with E-state index in [1.54, 1.807) is 6.07 Å². The Kier molecular flexibility index (Phi) is 4.48. The van der Waals surface area contributed by atoms with Crippen molar-refractivity contribution in [1.29, 1.82) is 5.26 Å². The molecule has 1 aliphatic rings. The molecule has 1 aromatic carbocycles. The maximum absolute atomic E-state index is 13.9. The van der Waals surface area contributed by atoms with E-state index in [0.29, 0.717) is 6.61 Å². The summed E-state index contributed by atoms with van der Waals surface area (Å²) in [5.74, 6) is -2.51. The van der Waals surface area contributed by atoms with E-state index < -0.39 is 23.6 Å². The summed E-state index contributed by atoms with van der Waals surface area (Å²) in [6, 6.07) is 6.03. The average Bonchev–Trinajstić information content (AvgIpc) is 2.45. The zero-order valence-electron chi connectivity index (χ0n) is 9.94. The molecule has 4 nitrogen and oxygen atoms in total. The Morgan fingerprint density at radius 2 is 2.32 bits per heavy atom. The van der Waals surface area contributed by atoms with Gasteiger partial charge in [-0.05, 0) is 6.07 Å². The summed E-state index contributed by atoms with van der Waals surface area (Å²) in [6.07, 6.45) is -0.836. The first-order valence-electron chi connectivity index (χ1n) is 5.71. The fraction of sp³-hybridized carbons (Fsp3) is 0.385. The molecule has 2 unspecified atom stereocenters. The average molecular weight is 284 g/mol. The second-order valence-electron chi connectivity index (χ2n) is 4.04. The second kappa shape index (κ2) is 6.11. The molecule has 1 aromatic rings. The van der Waals surface area contributed by atoms with Crippen molar-refractivity contribution >= 4 is 17.4 Å². The minimum absolute atomic E-state index is 0.0332. The van der Waals surface area contributed by atoms with Gasteiger partial charge in [-0.15, -0.1) is 0 Å². The van der Waals surface area contributed by atoms with Gasteiger partial charge < -0.3 is 9.47 Å². The largest absolute Gasteiger partial charge is 0.376 e. The third-order valence-corrected chi connectivity index (χ3v) is 3.13. The van der Waals surface area contributed by atoms with Crippen LogP contribution in [-0.4, -0.2) is 31.7 Å². The van der Waals surface area contributed by atoms with E-state index >= 15 is 0 Å². The van der Waals surface area contributed by atoms with Gasteiger partial charge >= 0.3 is 0 Å². The van der Waals surface area contributed by atoms with E-state index in [9.17, 15) is 9.18 Å². The Balaban J connectivity index is 2.27. The normalized spacial score (nSPS) is 20.6. The van der Waals surface area contributed by atoms with Crippen LogP contribution in [0.1, 0.15) is 11.5 Å². The highest BCUT2D eigenvalue weighted by Crippen LogP contribution is 2.26. The molecule has 100 valence electrons. The first kappa shape index (κ1) is 13.9. The van der Waals surface area contributed by atoms with E-state index in [4.69, 9.17) is 26.3 Å². The summed E-state index contributed by atoms with van der Waals surface area (Å²) in [7, 11) is 0. The van der Waals surface area contributed by atoms with Gasteiger partial charge in [-0.2, -0.15) is 5.26 Å². The van der Waals surface area contributed by atoms with Gasteiger partial charge in [0.25, 0.3) is 0 Å². The standard InChI is InChI=1S/C13H11ClFNO3/c14-10-3-1-2-8(12(10)15)9(6-16)13(17)11-7-18-4-5-19-11/h1-3,9,11H,4-5,7H2. The monoisotopic (exact) mass is 283 g/mol. The summed E-state index contributed by atoms with van der Waals surface area (Å²) in [5.41, 5.74) is -0.0332. The van der Waals surface area contributed by atoms with E-state index in [1.165, 1.54) is 18.2 Å². The number of ether oxygens (including phenoxy) is 2. The number of nitrogens with zero attached hydrogens (tertiary/aromatic N) is 1. The number of hydrogen-bond acceptors (Lipinski definition) is 4. The lowest BCUT2D eigenvalue weighted by Crippen LogP contribution is -2.38. The molecule has 2 rings (SSSR count). The summed E-state index contributed by atoms with van der Waals surface area (Å²) in [6.45, 7) is 0.776. The summed E-state index contributed by atoms with van der Waals surface area (Å²) >= 11 is 5.65. The van der Waals surface area contributed by atoms with Gasteiger partial charge in [0.15, 0.2) is 5.78 Å². The predicted molar refractivity (Wildman–Crippen MR) is 65.3 cm³/mol. The molecular formula is C13H11ClFNO3. The van der Waals surface area contributed by atoms with Crippen molar-refractivity contribution in [3.63, 3.8) is 0 Å². The van der Waals surface area contributed by atoms with Crippen molar-refractivity contribution in [1.82, 2.24) is 0 Å². The van der Waals surface area contributed by atoms with E-state index in [-0.39, 0.29) is 23.8 Å². The molecule has 0 saturated carbocycles. The second-order valence-corrected chi connectivity index (χ2v) is 4.45. The molecule has 1 fully saturated rings. The van der Waals surface area contributed by atoms with Crippen LogP contribution in [0.25, 0.3) is 0 Å². The van der Waals surface area contributed by atoms with Gasteiger partial charge in [-0.1, -0.05) is 23.7 Å². The van der Waals surface area contributed by atoms with Crippen molar-refractivity contribution in [3.05, 3.63) is 34.6 Å². The maximum atomic E-state index is 13.9. The molecule has 6 heteroatoms. The summed E-state index contributed by atoms with van der Waals surface area (Å²) < 4.78 is 24.2. The van der Waals surface area contributed by atoms with Crippen LogP contribution >= 0.6 is 11.6 Å². The smallest absolute Gasteiger partial charge is 0.185 e. The van der Waals surface area contributed by atoms with Gasteiger partial charge in [0.1, 0.15) is 17.8 Å². The Morgan fingerprint density at radius 3 is 2.95 bits per heavy atom. The minimum Gasteiger partial charge on any atom is -0.376 e. The molecule has 19 heavy (non-hydrogen) atoms. The Labute approximate surface area is 114 Å². The van der Waals surface area contributed by atoms with Crippen molar-refractivity contribution in [3.8, 4) is 6.07 Å². The van der Waals surface area contributed by atoms with Crippen LogP contribution in [0.15, 0.2) is 18.2 Å². The Hall–Kier alpha value is -1.48. The number of Topliss-reactive ketones (excluding diaryl/α,β-unsaturated/α-hetero) is 1. The molecule has 0 aliphatic carbocycles. The highest BCUT2D eigenvalue weighted by atomic mass is 35.5. The molecule has 1 aliphatic heterocycles. The molecule has 0 amide bonds. The first-order chi connectivity index (χ1) is 9.15.